The number of hydrogen-bond acceptors (Lipinski definition) is 4. The van der Waals surface area contributed by atoms with Gasteiger partial charge in [0, 0.05) is 12.3 Å². The minimum absolute atomic E-state index is 0.191. The summed E-state index contributed by atoms with van der Waals surface area (Å²) in [5, 5.41) is 2.25. The molecule has 28 heavy (non-hydrogen) atoms. The van der Waals surface area contributed by atoms with Gasteiger partial charge in [0.2, 0.25) is 0 Å². The van der Waals surface area contributed by atoms with E-state index < -0.39 is 35.3 Å². The van der Waals surface area contributed by atoms with Crippen molar-refractivity contribution >= 4 is 40.9 Å². The molecule has 3 rings (SSSR count). The number of hydrogen-bond donors (Lipinski definition) is 1. The van der Waals surface area contributed by atoms with Gasteiger partial charge in [-0.15, -0.1) is 0 Å². The lowest BCUT2D eigenvalue weighted by molar-refractivity contribution is -0.148. The van der Waals surface area contributed by atoms with Gasteiger partial charge >= 0.3 is 5.97 Å². The molecule has 1 amide bonds. The van der Waals surface area contributed by atoms with Crippen LogP contribution < -0.4 is 5.32 Å². The summed E-state index contributed by atoms with van der Waals surface area (Å²) in [5.41, 5.74) is 0.448. The maximum atomic E-state index is 13.6. The Morgan fingerprint density at radius 2 is 1.93 bits per heavy atom. The number of rotatable bonds is 5. The first-order chi connectivity index (χ1) is 13.4. The van der Waals surface area contributed by atoms with Gasteiger partial charge in [0.05, 0.1) is 5.69 Å². The van der Waals surface area contributed by atoms with Crippen molar-refractivity contribution in [1.29, 1.82) is 0 Å². The van der Waals surface area contributed by atoms with Gasteiger partial charge in [-0.25, -0.2) is 18.6 Å². The fraction of sp³-hybridized carbons (Fsp3) is 0.105. The number of pyridine rings is 1. The standard InChI is InChI=1S/C19H14ClF2N3O3/c1-11(19(27)24-17-12(21)5-4-6-13(17)22)28-16(26)9-8-14-18(20)23-15-7-2-3-10-25(14)15/h2-11H,1H3,(H,24,27)/b9-8+/t11-/m0/s1. The zero-order valence-electron chi connectivity index (χ0n) is 14.5. The normalized spacial score (nSPS) is 12.3. The SMILES string of the molecule is C[C@H](OC(=O)/C=C/c1c(Cl)nc2ccccn12)C(=O)Nc1c(F)cccc1F. The maximum Gasteiger partial charge on any atom is 0.331 e. The maximum absolute atomic E-state index is 13.6. The van der Waals surface area contributed by atoms with Crippen LogP contribution in [0.1, 0.15) is 12.6 Å². The average molecular weight is 406 g/mol. The molecule has 0 saturated carbocycles. The first-order valence-corrected chi connectivity index (χ1v) is 8.51. The van der Waals surface area contributed by atoms with E-state index in [1.165, 1.54) is 19.1 Å². The Bertz CT molecular complexity index is 1060. The number of ether oxygens (including phenoxy) is 1. The number of esters is 1. The van der Waals surface area contributed by atoms with E-state index >= 15 is 0 Å². The van der Waals surface area contributed by atoms with Crippen LogP contribution in [0.3, 0.4) is 0 Å². The zero-order valence-corrected chi connectivity index (χ0v) is 15.3. The molecule has 0 bridgehead atoms. The number of amides is 1. The molecule has 0 spiro atoms. The van der Waals surface area contributed by atoms with Crippen LogP contribution in [0.25, 0.3) is 11.7 Å². The predicted octanol–water partition coefficient (Wildman–Crippen LogP) is 3.85. The van der Waals surface area contributed by atoms with Gasteiger partial charge < -0.3 is 10.1 Å². The summed E-state index contributed by atoms with van der Waals surface area (Å²) in [6, 6.07) is 8.47. The fourth-order valence-electron chi connectivity index (χ4n) is 2.39. The molecule has 0 aliphatic carbocycles. The Hall–Kier alpha value is -3.26. The molecule has 0 unspecified atom stereocenters. The van der Waals surface area contributed by atoms with Gasteiger partial charge in [0.25, 0.3) is 5.91 Å². The van der Waals surface area contributed by atoms with Crippen LogP contribution in [0, 0.1) is 11.6 Å². The monoisotopic (exact) mass is 405 g/mol. The Balaban J connectivity index is 1.66. The van der Waals surface area contributed by atoms with Crippen molar-refractivity contribution in [2.75, 3.05) is 5.32 Å². The third-order valence-electron chi connectivity index (χ3n) is 3.77. The number of carbonyl (C=O) groups is 2. The van der Waals surface area contributed by atoms with Gasteiger partial charge in [-0.05, 0) is 37.3 Å². The van der Waals surface area contributed by atoms with Gasteiger partial charge in [-0.1, -0.05) is 23.7 Å². The molecule has 0 aliphatic rings. The van der Waals surface area contributed by atoms with Crippen molar-refractivity contribution in [3.63, 3.8) is 0 Å². The van der Waals surface area contributed by atoms with Crippen LogP contribution in [-0.2, 0) is 14.3 Å². The van der Waals surface area contributed by atoms with E-state index in [1.54, 1.807) is 28.8 Å². The van der Waals surface area contributed by atoms with Crippen molar-refractivity contribution < 1.29 is 23.1 Å². The topological polar surface area (TPSA) is 72.7 Å². The highest BCUT2D eigenvalue weighted by Crippen LogP contribution is 2.20. The summed E-state index contributed by atoms with van der Waals surface area (Å²) in [7, 11) is 0. The second-order valence-corrected chi connectivity index (χ2v) is 6.07. The third kappa shape index (κ3) is 4.17. The van der Waals surface area contributed by atoms with Crippen molar-refractivity contribution in [3.8, 4) is 0 Å². The number of carbonyl (C=O) groups excluding carboxylic acids is 2. The summed E-state index contributed by atoms with van der Waals surface area (Å²) in [4.78, 5) is 28.1. The molecule has 1 atom stereocenters. The fourth-order valence-corrected chi connectivity index (χ4v) is 2.63. The molecule has 144 valence electrons. The summed E-state index contributed by atoms with van der Waals surface area (Å²) in [5.74, 6) is -3.58. The van der Waals surface area contributed by atoms with Crippen LogP contribution in [0.2, 0.25) is 5.15 Å². The second kappa shape index (κ2) is 8.18. The number of nitrogens with zero attached hydrogens (tertiary/aromatic N) is 2. The van der Waals surface area contributed by atoms with Gasteiger partial charge in [0.1, 0.15) is 23.0 Å². The number of nitrogens with one attached hydrogen (secondary N) is 1. The summed E-state index contributed by atoms with van der Waals surface area (Å²) in [6.07, 6.45) is 2.91. The van der Waals surface area contributed by atoms with Gasteiger partial charge in [-0.3, -0.25) is 9.20 Å². The van der Waals surface area contributed by atoms with Crippen molar-refractivity contribution in [3.05, 3.63) is 71.2 Å². The lowest BCUT2D eigenvalue weighted by atomic mass is 10.2. The number of para-hydroxylation sites is 1. The molecule has 0 aliphatic heterocycles. The number of halogens is 3. The molecule has 1 aromatic carbocycles. The number of aromatic nitrogens is 2. The van der Waals surface area contributed by atoms with Crippen molar-refractivity contribution in [2.45, 2.75) is 13.0 Å². The number of benzene rings is 1. The minimum atomic E-state index is -1.28. The molecular weight excluding hydrogens is 392 g/mol. The van der Waals surface area contributed by atoms with Crippen LogP contribution in [0.4, 0.5) is 14.5 Å². The van der Waals surface area contributed by atoms with Crippen LogP contribution in [0.5, 0.6) is 0 Å². The van der Waals surface area contributed by atoms with E-state index in [-0.39, 0.29) is 5.15 Å². The smallest absolute Gasteiger partial charge is 0.331 e. The molecule has 0 fully saturated rings. The van der Waals surface area contributed by atoms with E-state index in [9.17, 15) is 18.4 Å². The third-order valence-corrected chi connectivity index (χ3v) is 4.05. The Kier molecular flexibility index (Phi) is 5.70. The van der Waals surface area contributed by atoms with Gasteiger partial charge in [-0.2, -0.15) is 0 Å². The lowest BCUT2D eigenvalue weighted by Gasteiger charge is -2.13. The highest BCUT2D eigenvalue weighted by atomic mass is 35.5. The highest BCUT2D eigenvalue weighted by Gasteiger charge is 2.20. The molecule has 2 heterocycles. The summed E-state index contributed by atoms with van der Waals surface area (Å²) in [6.45, 7) is 1.28. The Morgan fingerprint density at radius 1 is 1.21 bits per heavy atom. The lowest BCUT2D eigenvalue weighted by Crippen LogP contribution is -2.30. The zero-order chi connectivity index (χ0) is 20.3. The van der Waals surface area contributed by atoms with Crippen molar-refractivity contribution in [2.24, 2.45) is 0 Å². The average Bonchev–Trinajstić information content (AvgIpc) is 2.98. The van der Waals surface area contributed by atoms with Gasteiger partial charge in [0.15, 0.2) is 11.3 Å². The molecule has 9 heteroatoms. The van der Waals surface area contributed by atoms with E-state index in [1.807, 2.05) is 0 Å². The Morgan fingerprint density at radius 3 is 2.64 bits per heavy atom. The van der Waals surface area contributed by atoms with Crippen LogP contribution in [-0.4, -0.2) is 27.4 Å². The van der Waals surface area contributed by atoms with E-state index in [0.717, 1.165) is 18.2 Å². The van der Waals surface area contributed by atoms with E-state index in [2.05, 4.69) is 10.3 Å². The summed E-state index contributed by atoms with van der Waals surface area (Å²) < 4.78 is 33.8. The first-order valence-electron chi connectivity index (χ1n) is 8.13. The van der Waals surface area contributed by atoms with E-state index in [0.29, 0.717) is 11.3 Å². The van der Waals surface area contributed by atoms with Crippen molar-refractivity contribution in [1.82, 2.24) is 9.38 Å². The molecule has 3 aromatic rings. The predicted molar refractivity (Wildman–Crippen MR) is 99.8 cm³/mol. The molecule has 0 radical (unpaired) electrons. The minimum Gasteiger partial charge on any atom is -0.449 e. The molecule has 0 saturated heterocycles. The largest absolute Gasteiger partial charge is 0.449 e. The first kappa shape index (κ1) is 19.5. The Labute approximate surface area is 163 Å². The summed E-state index contributed by atoms with van der Waals surface area (Å²) >= 11 is 6.06. The quantitative estimate of drug-likeness (QED) is 0.517. The number of anilines is 1. The number of imidazole rings is 1. The molecule has 6 nitrogen and oxygen atoms in total. The molecule has 2 aromatic heterocycles. The second-order valence-electron chi connectivity index (χ2n) is 5.72. The van der Waals surface area contributed by atoms with Crippen LogP contribution >= 0.6 is 11.6 Å². The number of fused-ring (bicyclic) bond motifs is 1. The molecular formula is C19H14ClF2N3O3. The van der Waals surface area contributed by atoms with E-state index in [4.69, 9.17) is 16.3 Å². The highest BCUT2D eigenvalue weighted by molar-refractivity contribution is 6.31. The van der Waals surface area contributed by atoms with Crippen LogP contribution in [0.15, 0.2) is 48.7 Å². The molecule has 1 N–H and O–H groups in total.